The zero-order chi connectivity index (χ0) is 18.6. The molecule has 0 radical (unpaired) electrons. The van der Waals surface area contributed by atoms with Crippen LogP contribution in [0, 0.1) is 0 Å². The molecule has 1 saturated heterocycles. The maximum atomic E-state index is 12.7. The van der Waals surface area contributed by atoms with E-state index in [2.05, 4.69) is 0 Å². The van der Waals surface area contributed by atoms with Crippen molar-refractivity contribution >= 4 is 27.6 Å². The molecule has 7 heteroatoms. The first-order valence-corrected chi connectivity index (χ1v) is 10.3. The fraction of sp³-hybridized carbons (Fsp3) is 0.316. The van der Waals surface area contributed by atoms with E-state index in [4.69, 9.17) is 16.3 Å². The van der Waals surface area contributed by atoms with Gasteiger partial charge in [-0.15, -0.1) is 0 Å². The largest absolute Gasteiger partial charge is 0.457 e. The van der Waals surface area contributed by atoms with Crippen molar-refractivity contribution in [1.82, 2.24) is 4.31 Å². The molecule has 0 N–H and O–H groups in total. The van der Waals surface area contributed by atoms with E-state index in [1.807, 2.05) is 0 Å². The Bertz CT molecular complexity index is 892. The summed E-state index contributed by atoms with van der Waals surface area (Å²) in [4.78, 5) is 12.4. The predicted molar refractivity (Wildman–Crippen MR) is 99.6 cm³/mol. The van der Waals surface area contributed by atoms with Crippen LogP contribution in [0.5, 0.6) is 0 Å². The number of benzene rings is 2. The van der Waals surface area contributed by atoms with Crippen LogP contribution in [0.1, 0.15) is 35.2 Å². The lowest BCUT2D eigenvalue weighted by Gasteiger charge is -2.25. The summed E-state index contributed by atoms with van der Waals surface area (Å²) in [6, 6.07) is 13.1. The fourth-order valence-corrected chi connectivity index (χ4v) is 4.63. The highest BCUT2D eigenvalue weighted by atomic mass is 35.5. The molecule has 2 aromatic rings. The van der Waals surface area contributed by atoms with E-state index in [0.29, 0.717) is 23.7 Å². The van der Waals surface area contributed by atoms with E-state index >= 15 is 0 Å². The number of sulfonamides is 1. The molecule has 1 aliphatic heterocycles. The van der Waals surface area contributed by atoms with Gasteiger partial charge in [0.25, 0.3) is 0 Å². The number of carbonyl (C=O) groups is 1. The maximum Gasteiger partial charge on any atom is 0.338 e. The zero-order valence-corrected chi connectivity index (χ0v) is 15.8. The summed E-state index contributed by atoms with van der Waals surface area (Å²) >= 11 is 6.05. The minimum atomic E-state index is -3.59. The second-order valence-corrected chi connectivity index (χ2v) is 8.51. The summed E-state index contributed by atoms with van der Waals surface area (Å²) < 4.78 is 32.2. The van der Waals surface area contributed by atoms with E-state index in [1.54, 1.807) is 36.4 Å². The number of hydrogen-bond acceptors (Lipinski definition) is 4. The standard InChI is InChI=1S/C19H20ClNO4S/c20-18-10-3-2-7-16(18)14-25-19(22)15-8-6-9-17(13-15)26(23,24)21-11-4-1-5-12-21/h2-3,6-10,13H,1,4-5,11-12,14H2. The first kappa shape index (κ1) is 18.9. The number of hydrogen-bond donors (Lipinski definition) is 0. The summed E-state index contributed by atoms with van der Waals surface area (Å²) in [6.45, 7) is 1.06. The second-order valence-electron chi connectivity index (χ2n) is 6.16. The van der Waals surface area contributed by atoms with Gasteiger partial charge in [-0.05, 0) is 37.1 Å². The average molecular weight is 394 g/mol. The summed E-state index contributed by atoms with van der Waals surface area (Å²) in [5, 5.41) is 0.515. The molecule has 0 amide bonds. The Hall–Kier alpha value is -1.89. The topological polar surface area (TPSA) is 63.7 Å². The Morgan fingerprint density at radius 2 is 1.77 bits per heavy atom. The smallest absolute Gasteiger partial charge is 0.338 e. The number of halogens is 1. The molecule has 0 unspecified atom stereocenters. The van der Waals surface area contributed by atoms with Gasteiger partial charge in [-0.3, -0.25) is 0 Å². The van der Waals surface area contributed by atoms with Gasteiger partial charge in [0.15, 0.2) is 0 Å². The van der Waals surface area contributed by atoms with Crippen molar-refractivity contribution in [2.24, 2.45) is 0 Å². The van der Waals surface area contributed by atoms with Crippen LogP contribution >= 0.6 is 11.6 Å². The molecule has 1 aliphatic rings. The molecule has 0 atom stereocenters. The van der Waals surface area contributed by atoms with Gasteiger partial charge in [-0.1, -0.05) is 42.3 Å². The Morgan fingerprint density at radius 1 is 1.04 bits per heavy atom. The van der Waals surface area contributed by atoms with E-state index in [0.717, 1.165) is 19.3 Å². The van der Waals surface area contributed by atoms with Gasteiger partial charge in [-0.25, -0.2) is 13.2 Å². The van der Waals surface area contributed by atoms with Crippen molar-refractivity contribution in [3.05, 3.63) is 64.7 Å². The molecule has 2 aromatic carbocycles. The van der Waals surface area contributed by atoms with Gasteiger partial charge in [0.1, 0.15) is 6.61 Å². The molecule has 1 heterocycles. The van der Waals surface area contributed by atoms with E-state index < -0.39 is 16.0 Å². The second kappa shape index (κ2) is 8.20. The van der Waals surface area contributed by atoms with E-state index in [-0.39, 0.29) is 17.1 Å². The van der Waals surface area contributed by atoms with Crippen molar-refractivity contribution in [3.63, 3.8) is 0 Å². The van der Waals surface area contributed by atoms with Crippen LogP contribution in [0.3, 0.4) is 0 Å². The third kappa shape index (κ3) is 4.26. The van der Waals surface area contributed by atoms with Crippen LogP contribution in [0.15, 0.2) is 53.4 Å². The molecule has 1 fully saturated rings. The Labute approximate surface area is 158 Å². The van der Waals surface area contributed by atoms with Gasteiger partial charge in [0.05, 0.1) is 10.5 Å². The van der Waals surface area contributed by atoms with Gasteiger partial charge < -0.3 is 4.74 Å². The van der Waals surface area contributed by atoms with Crippen molar-refractivity contribution < 1.29 is 17.9 Å². The first-order valence-electron chi connectivity index (χ1n) is 8.49. The molecule has 0 aromatic heterocycles. The van der Waals surface area contributed by atoms with Gasteiger partial charge in [-0.2, -0.15) is 4.31 Å². The number of esters is 1. The zero-order valence-electron chi connectivity index (χ0n) is 14.2. The van der Waals surface area contributed by atoms with Crippen molar-refractivity contribution in [2.75, 3.05) is 13.1 Å². The predicted octanol–water partition coefficient (Wildman–Crippen LogP) is 3.87. The number of piperidine rings is 1. The van der Waals surface area contributed by atoms with Crippen molar-refractivity contribution in [1.29, 1.82) is 0 Å². The summed E-state index contributed by atoms with van der Waals surface area (Å²) in [6.07, 6.45) is 2.76. The molecule has 5 nitrogen and oxygen atoms in total. The SMILES string of the molecule is O=C(OCc1ccccc1Cl)c1cccc(S(=O)(=O)N2CCCCC2)c1. The Balaban J connectivity index is 1.74. The lowest BCUT2D eigenvalue weighted by Crippen LogP contribution is -2.35. The molecular weight excluding hydrogens is 374 g/mol. The Kier molecular flexibility index (Phi) is 5.96. The Morgan fingerprint density at radius 3 is 2.50 bits per heavy atom. The highest BCUT2D eigenvalue weighted by Gasteiger charge is 2.26. The van der Waals surface area contributed by atoms with Crippen LogP contribution in [-0.4, -0.2) is 31.8 Å². The van der Waals surface area contributed by atoms with Crippen LogP contribution in [-0.2, 0) is 21.4 Å². The van der Waals surface area contributed by atoms with Crippen LogP contribution in [0.25, 0.3) is 0 Å². The minimum absolute atomic E-state index is 0.0294. The summed E-state index contributed by atoms with van der Waals surface area (Å²) in [5.41, 5.74) is 0.898. The molecule has 0 saturated carbocycles. The van der Waals surface area contributed by atoms with Crippen molar-refractivity contribution in [3.8, 4) is 0 Å². The number of ether oxygens (including phenoxy) is 1. The third-order valence-electron chi connectivity index (χ3n) is 4.34. The number of carbonyl (C=O) groups excluding carboxylic acids is 1. The molecule has 138 valence electrons. The lowest BCUT2D eigenvalue weighted by atomic mass is 10.2. The number of nitrogens with zero attached hydrogens (tertiary/aromatic N) is 1. The fourth-order valence-electron chi connectivity index (χ4n) is 2.88. The molecule has 3 rings (SSSR count). The van der Waals surface area contributed by atoms with Gasteiger partial charge in [0, 0.05) is 23.7 Å². The normalized spacial score (nSPS) is 15.6. The highest BCUT2D eigenvalue weighted by Crippen LogP contribution is 2.22. The molecule has 0 spiro atoms. The average Bonchev–Trinajstić information content (AvgIpc) is 2.68. The van der Waals surface area contributed by atoms with Crippen molar-refractivity contribution in [2.45, 2.75) is 30.8 Å². The number of rotatable bonds is 5. The van der Waals surface area contributed by atoms with Gasteiger partial charge in [0.2, 0.25) is 10.0 Å². The summed E-state index contributed by atoms with van der Waals surface area (Å²) in [5.74, 6) is -0.583. The van der Waals surface area contributed by atoms with Crippen LogP contribution in [0.4, 0.5) is 0 Å². The molecular formula is C19H20ClNO4S. The monoisotopic (exact) mass is 393 g/mol. The first-order chi connectivity index (χ1) is 12.5. The molecule has 0 bridgehead atoms. The van der Waals surface area contributed by atoms with E-state index in [9.17, 15) is 13.2 Å². The highest BCUT2D eigenvalue weighted by molar-refractivity contribution is 7.89. The molecule has 0 aliphatic carbocycles. The quantitative estimate of drug-likeness (QED) is 0.723. The maximum absolute atomic E-state index is 12.7. The lowest BCUT2D eigenvalue weighted by molar-refractivity contribution is 0.0472. The van der Waals surface area contributed by atoms with Crippen LogP contribution < -0.4 is 0 Å². The minimum Gasteiger partial charge on any atom is -0.457 e. The third-order valence-corrected chi connectivity index (χ3v) is 6.60. The summed E-state index contributed by atoms with van der Waals surface area (Å²) in [7, 11) is -3.59. The van der Waals surface area contributed by atoms with Crippen LogP contribution in [0.2, 0.25) is 5.02 Å². The van der Waals surface area contributed by atoms with Gasteiger partial charge >= 0.3 is 5.97 Å². The van der Waals surface area contributed by atoms with E-state index in [1.165, 1.54) is 16.4 Å². The molecule has 26 heavy (non-hydrogen) atoms.